The quantitative estimate of drug-likeness (QED) is 0.460. The van der Waals surface area contributed by atoms with Crippen LogP contribution >= 0.6 is 0 Å². The summed E-state index contributed by atoms with van der Waals surface area (Å²) in [6, 6.07) is 16.2. The molecule has 6 heteroatoms. The number of carbonyl (C=O) groups is 3. The average molecular weight is 328 g/mol. The normalized spacial score (nSPS) is 12.8. The highest BCUT2D eigenvalue weighted by atomic mass is 16.5. The van der Waals surface area contributed by atoms with Crippen LogP contribution in [0, 0.1) is 5.92 Å². The summed E-state index contributed by atoms with van der Waals surface area (Å²) >= 11 is 0. The van der Waals surface area contributed by atoms with E-state index in [1.807, 2.05) is 0 Å². The van der Waals surface area contributed by atoms with Crippen molar-refractivity contribution in [1.82, 2.24) is 0 Å². The Morgan fingerprint density at radius 2 is 1.38 bits per heavy atom. The van der Waals surface area contributed by atoms with Crippen molar-refractivity contribution in [2.75, 3.05) is 0 Å². The number of carboxylic acid groups (broad SMARTS) is 2. The lowest BCUT2D eigenvalue weighted by atomic mass is 9.89. The molecule has 6 nitrogen and oxygen atoms in total. The van der Waals surface area contributed by atoms with Gasteiger partial charge in [0.2, 0.25) is 0 Å². The van der Waals surface area contributed by atoms with Gasteiger partial charge in [0.05, 0.1) is 5.92 Å². The molecule has 2 atom stereocenters. The van der Waals surface area contributed by atoms with Crippen LogP contribution in [0.3, 0.4) is 0 Å². The third kappa shape index (κ3) is 4.42. The summed E-state index contributed by atoms with van der Waals surface area (Å²) in [6.45, 7) is 0. The number of rotatable bonds is 7. The highest BCUT2D eigenvalue weighted by molar-refractivity contribution is 5.95. The molecule has 2 aromatic rings. The number of para-hydroxylation sites is 1. The molecule has 0 heterocycles. The maximum absolute atomic E-state index is 12.1. The van der Waals surface area contributed by atoms with Gasteiger partial charge in [0, 0.05) is 0 Å². The SMILES string of the molecule is O=C(O)C(CC(C(=O)O)c1ccccc1)C(=O)Oc1ccccc1. The summed E-state index contributed by atoms with van der Waals surface area (Å²) in [5.74, 6) is -6.09. The number of esters is 1. The zero-order valence-corrected chi connectivity index (χ0v) is 12.7. The number of hydrogen-bond acceptors (Lipinski definition) is 4. The monoisotopic (exact) mass is 328 g/mol. The molecule has 0 saturated heterocycles. The van der Waals surface area contributed by atoms with E-state index >= 15 is 0 Å². The first-order valence-electron chi connectivity index (χ1n) is 7.26. The molecule has 0 bridgehead atoms. The molecule has 124 valence electrons. The molecule has 24 heavy (non-hydrogen) atoms. The van der Waals surface area contributed by atoms with Gasteiger partial charge in [-0.2, -0.15) is 0 Å². The third-order valence-electron chi connectivity index (χ3n) is 3.52. The van der Waals surface area contributed by atoms with Gasteiger partial charge >= 0.3 is 17.9 Å². The number of aliphatic carboxylic acids is 2. The van der Waals surface area contributed by atoms with Crippen molar-refractivity contribution in [1.29, 1.82) is 0 Å². The van der Waals surface area contributed by atoms with Crippen LogP contribution in [0.1, 0.15) is 17.9 Å². The van der Waals surface area contributed by atoms with Crippen LogP contribution in [-0.2, 0) is 14.4 Å². The lowest BCUT2D eigenvalue weighted by molar-refractivity contribution is -0.154. The smallest absolute Gasteiger partial charge is 0.325 e. The molecule has 0 aliphatic heterocycles. The Balaban J connectivity index is 2.18. The van der Waals surface area contributed by atoms with Crippen LogP contribution in [0.5, 0.6) is 5.75 Å². The molecule has 0 amide bonds. The van der Waals surface area contributed by atoms with Crippen LogP contribution in [0.2, 0.25) is 0 Å². The fourth-order valence-corrected chi connectivity index (χ4v) is 2.27. The summed E-state index contributed by atoms with van der Waals surface area (Å²) in [4.78, 5) is 35.1. The number of ether oxygens (including phenoxy) is 1. The first-order chi connectivity index (χ1) is 11.5. The van der Waals surface area contributed by atoms with Gasteiger partial charge in [0.25, 0.3) is 0 Å². The second kappa shape index (κ2) is 7.92. The second-order valence-corrected chi connectivity index (χ2v) is 5.16. The summed E-state index contributed by atoms with van der Waals surface area (Å²) in [6.07, 6.45) is -0.389. The zero-order chi connectivity index (χ0) is 17.5. The summed E-state index contributed by atoms with van der Waals surface area (Å²) < 4.78 is 5.04. The van der Waals surface area contributed by atoms with Gasteiger partial charge in [0.1, 0.15) is 5.75 Å². The minimum Gasteiger partial charge on any atom is -0.481 e. The molecule has 0 saturated carbocycles. The highest BCUT2D eigenvalue weighted by Gasteiger charge is 2.34. The number of benzene rings is 2. The van der Waals surface area contributed by atoms with Crippen LogP contribution in [0.4, 0.5) is 0 Å². The molecule has 0 radical (unpaired) electrons. The molecule has 0 spiro atoms. The van der Waals surface area contributed by atoms with Crippen LogP contribution < -0.4 is 4.74 Å². The molecule has 2 aromatic carbocycles. The number of carbonyl (C=O) groups excluding carboxylic acids is 1. The highest BCUT2D eigenvalue weighted by Crippen LogP contribution is 2.26. The van der Waals surface area contributed by atoms with Gasteiger partial charge in [-0.05, 0) is 24.1 Å². The van der Waals surface area contributed by atoms with Crippen molar-refractivity contribution in [3.05, 3.63) is 66.2 Å². The lowest BCUT2D eigenvalue weighted by Gasteiger charge is -2.17. The van der Waals surface area contributed by atoms with Crippen molar-refractivity contribution >= 4 is 17.9 Å². The van der Waals surface area contributed by atoms with E-state index in [4.69, 9.17) is 4.74 Å². The van der Waals surface area contributed by atoms with E-state index < -0.39 is 29.7 Å². The van der Waals surface area contributed by atoms with Gasteiger partial charge in [-0.1, -0.05) is 48.5 Å². The van der Waals surface area contributed by atoms with Gasteiger partial charge in [-0.15, -0.1) is 0 Å². The summed E-state index contributed by atoms with van der Waals surface area (Å²) in [7, 11) is 0. The zero-order valence-electron chi connectivity index (χ0n) is 12.7. The van der Waals surface area contributed by atoms with Crippen LogP contribution in [-0.4, -0.2) is 28.1 Å². The van der Waals surface area contributed by atoms with Crippen LogP contribution in [0.15, 0.2) is 60.7 Å². The maximum atomic E-state index is 12.1. The average Bonchev–Trinajstić information content (AvgIpc) is 2.56. The van der Waals surface area contributed by atoms with Crippen molar-refractivity contribution < 1.29 is 29.3 Å². The van der Waals surface area contributed by atoms with E-state index in [1.165, 1.54) is 12.1 Å². The first-order valence-corrected chi connectivity index (χ1v) is 7.26. The maximum Gasteiger partial charge on any atom is 0.325 e. The Morgan fingerprint density at radius 1 is 0.833 bits per heavy atom. The second-order valence-electron chi connectivity index (χ2n) is 5.16. The minimum atomic E-state index is -1.58. The van der Waals surface area contributed by atoms with Gasteiger partial charge < -0.3 is 14.9 Å². The molecule has 0 aliphatic rings. The van der Waals surface area contributed by atoms with E-state index in [-0.39, 0.29) is 12.2 Å². The standard InChI is InChI=1S/C18H16O6/c19-16(20)14(12-7-3-1-4-8-12)11-15(17(21)22)18(23)24-13-9-5-2-6-10-13/h1-10,14-15H,11H2,(H,19,20)(H,21,22). The van der Waals surface area contributed by atoms with Crippen molar-refractivity contribution in [3.63, 3.8) is 0 Å². The fraction of sp³-hybridized carbons (Fsp3) is 0.167. The van der Waals surface area contributed by atoms with E-state index in [0.717, 1.165) is 0 Å². The molecule has 2 unspecified atom stereocenters. The summed E-state index contributed by atoms with van der Waals surface area (Å²) in [5.41, 5.74) is 0.434. The summed E-state index contributed by atoms with van der Waals surface area (Å²) in [5, 5.41) is 18.7. The Kier molecular flexibility index (Phi) is 5.68. The fourth-order valence-electron chi connectivity index (χ4n) is 2.27. The molecular formula is C18H16O6. The lowest BCUT2D eigenvalue weighted by Crippen LogP contribution is -2.31. The number of hydrogen-bond donors (Lipinski definition) is 2. The Hall–Kier alpha value is -3.15. The Bertz CT molecular complexity index is 711. The van der Waals surface area contributed by atoms with E-state index in [2.05, 4.69) is 0 Å². The van der Waals surface area contributed by atoms with Gasteiger partial charge in [0.15, 0.2) is 5.92 Å². The molecule has 0 fully saturated rings. The predicted octanol–water partition coefficient (Wildman–Crippen LogP) is 2.55. The Morgan fingerprint density at radius 3 is 1.88 bits per heavy atom. The van der Waals surface area contributed by atoms with E-state index in [9.17, 15) is 24.6 Å². The molecule has 0 aromatic heterocycles. The topological polar surface area (TPSA) is 101 Å². The first kappa shape index (κ1) is 17.2. The van der Waals surface area contributed by atoms with E-state index in [1.54, 1.807) is 48.5 Å². The third-order valence-corrected chi connectivity index (χ3v) is 3.52. The van der Waals surface area contributed by atoms with Crippen molar-refractivity contribution in [3.8, 4) is 5.75 Å². The predicted molar refractivity (Wildman–Crippen MR) is 84.6 cm³/mol. The van der Waals surface area contributed by atoms with Crippen molar-refractivity contribution in [2.24, 2.45) is 5.92 Å². The van der Waals surface area contributed by atoms with E-state index in [0.29, 0.717) is 5.56 Å². The largest absolute Gasteiger partial charge is 0.481 e. The van der Waals surface area contributed by atoms with Crippen molar-refractivity contribution in [2.45, 2.75) is 12.3 Å². The minimum absolute atomic E-state index is 0.209. The van der Waals surface area contributed by atoms with Crippen LogP contribution in [0.25, 0.3) is 0 Å². The molecule has 2 rings (SSSR count). The Labute approximate surface area is 138 Å². The molecule has 2 N–H and O–H groups in total. The number of carboxylic acids is 2. The van der Waals surface area contributed by atoms with Gasteiger partial charge in [-0.3, -0.25) is 14.4 Å². The molecular weight excluding hydrogens is 312 g/mol. The molecule has 0 aliphatic carbocycles. The van der Waals surface area contributed by atoms with Gasteiger partial charge in [-0.25, -0.2) is 0 Å².